The smallest absolute Gasteiger partial charge is 0.341 e. The van der Waals surface area contributed by atoms with Gasteiger partial charge in [-0.15, -0.1) is 0 Å². The third kappa shape index (κ3) is 4.62. The van der Waals surface area contributed by atoms with Gasteiger partial charge >= 0.3 is 5.97 Å². The lowest BCUT2D eigenvalue weighted by atomic mass is 10.2. The predicted molar refractivity (Wildman–Crippen MR) is 63.4 cm³/mol. The largest absolute Gasteiger partial charge is 0.442 e. The van der Waals surface area contributed by atoms with Gasteiger partial charge in [0.25, 0.3) is 0 Å². The van der Waals surface area contributed by atoms with Gasteiger partial charge in [-0.1, -0.05) is 31.4 Å². The number of halogens is 1. The van der Waals surface area contributed by atoms with Gasteiger partial charge in [0.2, 0.25) is 0 Å². The summed E-state index contributed by atoms with van der Waals surface area (Å²) in [4.78, 5) is 15.4. The van der Waals surface area contributed by atoms with E-state index in [-0.39, 0.29) is 0 Å². The van der Waals surface area contributed by atoms with Crippen LogP contribution in [0, 0.1) is 0 Å². The molecule has 1 aromatic rings. The van der Waals surface area contributed by atoms with Crippen LogP contribution >= 0.6 is 11.6 Å². The van der Waals surface area contributed by atoms with Crippen molar-refractivity contribution in [2.24, 2.45) is 0 Å². The Labute approximate surface area is 101 Å². The molecule has 0 aromatic carbocycles. The fourth-order valence-corrected chi connectivity index (χ4v) is 1.52. The number of pyridine rings is 1. The molecule has 0 spiro atoms. The van der Waals surface area contributed by atoms with E-state index in [1.54, 1.807) is 18.3 Å². The minimum Gasteiger partial charge on any atom is -0.442 e. The lowest BCUT2D eigenvalue weighted by Gasteiger charge is -2.10. The zero-order chi connectivity index (χ0) is 11.8. The molecule has 0 amide bonds. The van der Waals surface area contributed by atoms with Gasteiger partial charge in [-0.3, -0.25) is 4.98 Å². The van der Waals surface area contributed by atoms with Gasteiger partial charge in [0.1, 0.15) is 0 Å². The van der Waals surface area contributed by atoms with Crippen LogP contribution in [-0.4, -0.2) is 16.5 Å². The first-order valence-corrected chi connectivity index (χ1v) is 5.92. The number of unbranched alkanes of at least 4 members (excludes halogenated alkanes) is 2. The second-order valence-electron chi connectivity index (χ2n) is 3.55. The molecule has 0 aliphatic carbocycles. The molecular formula is C12H16ClNO2. The van der Waals surface area contributed by atoms with E-state index in [1.807, 2.05) is 0 Å². The van der Waals surface area contributed by atoms with Crippen LogP contribution in [0.1, 0.15) is 43.0 Å². The lowest BCUT2D eigenvalue weighted by Crippen LogP contribution is -2.13. The third-order valence-corrected chi connectivity index (χ3v) is 2.47. The first kappa shape index (κ1) is 13.0. The van der Waals surface area contributed by atoms with Crippen LogP contribution in [0.2, 0.25) is 0 Å². The number of esters is 1. The fourth-order valence-electron chi connectivity index (χ4n) is 1.28. The number of rotatable bonds is 6. The molecule has 0 aliphatic rings. The zero-order valence-corrected chi connectivity index (χ0v) is 10.1. The number of ether oxygens (including phenoxy) is 1. The van der Waals surface area contributed by atoms with Gasteiger partial charge in [-0.2, -0.15) is 0 Å². The second kappa shape index (κ2) is 7.23. The average Bonchev–Trinajstić information content (AvgIpc) is 2.30. The topological polar surface area (TPSA) is 39.2 Å². The summed E-state index contributed by atoms with van der Waals surface area (Å²) < 4.78 is 5.07. The molecule has 0 saturated heterocycles. The molecular weight excluding hydrogens is 226 g/mol. The molecule has 0 aliphatic heterocycles. The fraction of sp³-hybridized carbons (Fsp3) is 0.500. The van der Waals surface area contributed by atoms with E-state index in [2.05, 4.69) is 11.9 Å². The Balaban J connectivity index is 2.34. The van der Waals surface area contributed by atoms with E-state index in [0.717, 1.165) is 19.3 Å². The van der Waals surface area contributed by atoms with Crippen molar-refractivity contribution in [2.45, 2.75) is 38.2 Å². The van der Waals surface area contributed by atoms with Gasteiger partial charge in [0.15, 0.2) is 5.56 Å². The summed E-state index contributed by atoms with van der Waals surface area (Å²) in [6.07, 6.45) is 6.98. The molecule has 0 bridgehead atoms. The molecule has 88 valence electrons. The molecule has 0 fully saturated rings. The first-order valence-electron chi connectivity index (χ1n) is 5.49. The van der Waals surface area contributed by atoms with E-state index < -0.39 is 11.5 Å². The number of nitrogens with zero attached hydrogens (tertiary/aromatic N) is 1. The van der Waals surface area contributed by atoms with Crippen molar-refractivity contribution < 1.29 is 9.53 Å². The Morgan fingerprint density at radius 3 is 3.00 bits per heavy atom. The molecule has 1 atom stereocenters. The lowest BCUT2D eigenvalue weighted by molar-refractivity contribution is 0.0433. The molecule has 1 aromatic heterocycles. The number of carbonyl (C=O) groups is 1. The van der Waals surface area contributed by atoms with E-state index in [0.29, 0.717) is 12.0 Å². The second-order valence-corrected chi connectivity index (χ2v) is 4.04. The van der Waals surface area contributed by atoms with Crippen molar-refractivity contribution in [3.63, 3.8) is 0 Å². The van der Waals surface area contributed by atoms with Crippen LogP contribution in [0.4, 0.5) is 0 Å². The van der Waals surface area contributed by atoms with Crippen LogP contribution in [0.15, 0.2) is 24.5 Å². The molecule has 0 radical (unpaired) electrons. The van der Waals surface area contributed by atoms with Gasteiger partial charge < -0.3 is 4.74 Å². The Morgan fingerprint density at radius 1 is 1.56 bits per heavy atom. The van der Waals surface area contributed by atoms with Crippen LogP contribution < -0.4 is 0 Å². The summed E-state index contributed by atoms with van der Waals surface area (Å²) in [5.41, 5.74) is -0.108. The van der Waals surface area contributed by atoms with Crippen molar-refractivity contribution >= 4 is 17.6 Å². The van der Waals surface area contributed by atoms with E-state index >= 15 is 0 Å². The van der Waals surface area contributed by atoms with Crippen molar-refractivity contribution in [3.05, 3.63) is 30.1 Å². The SMILES string of the molecule is CCCCCC(Cl)OC(=O)c1cccnc1. The van der Waals surface area contributed by atoms with E-state index in [1.165, 1.54) is 6.20 Å². The van der Waals surface area contributed by atoms with Gasteiger partial charge in [-0.05, 0) is 25.0 Å². The van der Waals surface area contributed by atoms with E-state index in [9.17, 15) is 4.79 Å². The van der Waals surface area contributed by atoms with Gasteiger partial charge in [0, 0.05) is 12.4 Å². The molecule has 1 heterocycles. The highest BCUT2D eigenvalue weighted by atomic mass is 35.5. The number of aromatic nitrogens is 1. The van der Waals surface area contributed by atoms with Crippen molar-refractivity contribution in [1.82, 2.24) is 4.98 Å². The quantitative estimate of drug-likeness (QED) is 0.435. The highest BCUT2D eigenvalue weighted by Crippen LogP contribution is 2.12. The molecule has 1 rings (SSSR count). The summed E-state index contributed by atoms with van der Waals surface area (Å²) in [7, 11) is 0. The van der Waals surface area contributed by atoms with Crippen molar-refractivity contribution in [2.75, 3.05) is 0 Å². The van der Waals surface area contributed by atoms with Crippen LogP contribution in [-0.2, 0) is 4.74 Å². The summed E-state index contributed by atoms with van der Waals surface area (Å²) in [6, 6.07) is 3.35. The molecule has 3 nitrogen and oxygen atoms in total. The number of alkyl halides is 1. The van der Waals surface area contributed by atoms with Crippen molar-refractivity contribution in [1.29, 1.82) is 0 Å². The summed E-state index contributed by atoms with van der Waals surface area (Å²) in [5.74, 6) is -0.412. The van der Waals surface area contributed by atoms with E-state index in [4.69, 9.17) is 16.3 Å². The summed E-state index contributed by atoms with van der Waals surface area (Å²) in [5, 5.41) is 0. The third-order valence-electron chi connectivity index (χ3n) is 2.17. The zero-order valence-electron chi connectivity index (χ0n) is 9.36. The normalized spacial score (nSPS) is 12.1. The number of hydrogen-bond donors (Lipinski definition) is 0. The minimum absolute atomic E-state index is 0.412. The Hall–Kier alpha value is -1.09. The molecule has 1 unspecified atom stereocenters. The van der Waals surface area contributed by atoms with Crippen LogP contribution in [0.25, 0.3) is 0 Å². The Kier molecular flexibility index (Phi) is 5.86. The summed E-state index contributed by atoms with van der Waals surface area (Å²) >= 11 is 5.90. The molecule has 0 N–H and O–H groups in total. The van der Waals surface area contributed by atoms with Gasteiger partial charge in [0.05, 0.1) is 5.56 Å². The monoisotopic (exact) mass is 241 g/mol. The molecule has 4 heteroatoms. The summed E-state index contributed by atoms with van der Waals surface area (Å²) in [6.45, 7) is 2.12. The maximum atomic E-state index is 11.5. The average molecular weight is 242 g/mol. The predicted octanol–water partition coefficient (Wildman–Crippen LogP) is 3.38. The minimum atomic E-state index is -0.542. The Bertz CT molecular complexity index is 316. The highest BCUT2D eigenvalue weighted by molar-refractivity contribution is 6.20. The van der Waals surface area contributed by atoms with Gasteiger partial charge in [-0.25, -0.2) is 4.79 Å². The van der Waals surface area contributed by atoms with Crippen LogP contribution in [0.5, 0.6) is 0 Å². The first-order chi connectivity index (χ1) is 7.74. The maximum absolute atomic E-state index is 11.5. The Morgan fingerprint density at radius 2 is 2.38 bits per heavy atom. The van der Waals surface area contributed by atoms with Crippen LogP contribution in [0.3, 0.4) is 0 Å². The standard InChI is InChI=1S/C12H16ClNO2/c1-2-3-4-7-11(13)16-12(15)10-6-5-8-14-9-10/h5-6,8-9,11H,2-4,7H2,1H3. The number of carbonyl (C=O) groups excluding carboxylic acids is 1. The van der Waals surface area contributed by atoms with Crippen molar-refractivity contribution in [3.8, 4) is 0 Å². The highest BCUT2D eigenvalue weighted by Gasteiger charge is 2.12. The molecule has 0 saturated carbocycles. The number of hydrogen-bond acceptors (Lipinski definition) is 3. The molecule has 16 heavy (non-hydrogen) atoms. The maximum Gasteiger partial charge on any atom is 0.341 e.